The lowest BCUT2D eigenvalue weighted by Gasteiger charge is -2.34. The molecule has 1 aromatic rings. The van der Waals surface area contributed by atoms with Crippen molar-refractivity contribution in [3.8, 4) is 5.75 Å². The van der Waals surface area contributed by atoms with E-state index in [-0.39, 0.29) is 24.8 Å². The molecule has 7 nitrogen and oxygen atoms in total. The van der Waals surface area contributed by atoms with E-state index in [9.17, 15) is 14.4 Å². The summed E-state index contributed by atoms with van der Waals surface area (Å²) >= 11 is 5.84. The minimum absolute atomic E-state index is 0.189. The van der Waals surface area contributed by atoms with Gasteiger partial charge in [-0.3, -0.25) is 14.4 Å². The molecular formula is C15H17ClN2O5. The van der Waals surface area contributed by atoms with Crippen molar-refractivity contribution in [2.45, 2.75) is 12.5 Å². The number of rotatable bonds is 5. The van der Waals surface area contributed by atoms with E-state index >= 15 is 0 Å². The first-order valence-electron chi connectivity index (χ1n) is 7.03. The third-order valence-electron chi connectivity index (χ3n) is 3.40. The molecule has 8 heteroatoms. The topological polar surface area (TPSA) is 84.9 Å². The van der Waals surface area contributed by atoms with Gasteiger partial charge < -0.3 is 19.7 Å². The monoisotopic (exact) mass is 340 g/mol. The summed E-state index contributed by atoms with van der Waals surface area (Å²) < 4.78 is 9.96. The number of nitrogens with one attached hydrogen (secondary N) is 1. The van der Waals surface area contributed by atoms with Gasteiger partial charge in [0.05, 0.1) is 13.5 Å². The van der Waals surface area contributed by atoms with Gasteiger partial charge in [0.25, 0.3) is 5.91 Å². The lowest BCUT2D eigenvalue weighted by atomic mass is 10.1. The van der Waals surface area contributed by atoms with Crippen molar-refractivity contribution in [1.82, 2.24) is 10.2 Å². The van der Waals surface area contributed by atoms with Gasteiger partial charge in [-0.25, -0.2) is 0 Å². The van der Waals surface area contributed by atoms with Gasteiger partial charge in [-0.1, -0.05) is 17.7 Å². The fraction of sp³-hybridized carbons (Fsp3) is 0.400. The smallest absolute Gasteiger partial charge is 0.308 e. The summed E-state index contributed by atoms with van der Waals surface area (Å²) in [5.41, 5.74) is 0. The van der Waals surface area contributed by atoms with Crippen LogP contribution >= 0.6 is 11.6 Å². The summed E-state index contributed by atoms with van der Waals surface area (Å²) in [7, 11) is 1.23. The number of hydrogen-bond donors (Lipinski definition) is 1. The van der Waals surface area contributed by atoms with Crippen LogP contribution in [0.5, 0.6) is 5.75 Å². The van der Waals surface area contributed by atoms with Gasteiger partial charge in [0.1, 0.15) is 11.8 Å². The maximum atomic E-state index is 12.3. The Morgan fingerprint density at radius 1 is 1.43 bits per heavy atom. The normalized spacial score (nSPS) is 17.4. The molecule has 1 saturated heterocycles. The molecule has 1 aliphatic heterocycles. The Labute approximate surface area is 138 Å². The number of amides is 2. The van der Waals surface area contributed by atoms with Crippen molar-refractivity contribution in [3.63, 3.8) is 0 Å². The maximum absolute atomic E-state index is 12.3. The summed E-state index contributed by atoms with van der Waals surface area (Å²) in [5.74, 6) is -0.857. The number of piperazine rings is 1. The van der Waals surface area contributed by atoms with Crippen molar-refractivity contribution in [2.75, 3.05) is 26.8 Å². The van der Waals surface area contributed by atoms with Crippen LogP contribution < -0.4 is 10.1 Å². The number of hydrogen-bond acceptors (Lipinski definition) is 5. The lowest BCUT2D eigenvalue weighted by molar-refractivity contribution is -0.151. The second kappa shape index (κ2) is 7.82. The standard InChI is InChI=1S/C15H17ClN2O5/c1-22-14(20)8-12-15(21)17-5-6-18(12)13(19)9-23-11-4-2-3-10(16)7-11/h2-4,7,12H,5-6,8-9H2,1H3,(H,17,21)/t12-/m1/s1. The molecule has 2 rings (SSSR count). The first-order valence-corrected chi connectivity index (χ1v) is 7.41. The Morgan fingerprint density at radius 2 is 2.22 bits per heavy atom. The van der Waals surface area contributed by atoms with Crippen LogP contribution in [0.1, 0.15) is 6.42 Å². The SMILES string of the molecule is COC(=O)C[C@@H]1C(=O)NCCN1C(=O)COc1cccc(Cl)c1. The number of carbonyl (C=O) groups excluding carboxylic acids is 3. The highest BCUT2D eigenvalue weighted by Gasteiger charge is 2.35. The second-order valence-corrected chi connectivity index (χ2v) is 5.36. The average molecular weight is 341 g/mol. The number of benzene rings is 1. The van der Waals surface area contributed by atoms with Crippen molar-refractivity contribution < 1.29 is 23.9 Å². The minimum atomic E-state index is -0.883. The second-order valence-electron chi connectivity index (χ2n) is 4.92. The van der Waals surface area contributed by atoms with Crippen LogP contribution in [-0.2, 0) is 19.1 Å². The fourth-order valence-electron chi connectivity index (χ4n) is 2.24. The maximum Gasteiger partial charge on any atom is 0.308 e. The van der Waals surface area contributed by atoms with Gasteiger partial charge in [0, 0.05) is 18.1 Å². The van der Waals surface area contributed by atoms with Crippen molar-refractivity contribution in [3.05, 3.63) is 29.3 Å². The van der Waals surface area contributed by atoms with E-state index in [2.05, 4.69) is 10.1 Å². The Morgan fingerprint density at radius 3 is 2.91 bits per heavy atom. The Hall–Kier alpha value is -2.28. The first kappa shape index (κ1) is 17.1. The molecular weight excluding hydrogens is 324 g/mol. The van der Waals surface area contributed by atoms with E-state index in [1.807, 2.05) is 0 Å². The Kier molecular flexibility index (Phi) is 5.81. The average Bonchev–Trinajstić information content (AvgIpc) is 2.54. The summed E-state index contributed by atoms with van der Waals surface area (Å²) in [6.45, 7) is 0.399. The Balaban J connectivity index is 2.00. The molecule has 1 atom stereocenters. The van der Waals surface area contributed by atoms with Crippen LogP contribution in [0.25, 0.3) is 0 Å². The number of ether oxygens (including phenoxy) is 2. The number of methoxy groups -OCH3 is 1. The van der Waals surface area contributed by atoms with Gasteiger partial charge in [0.15, 0.2) is 6.61 Å². The predicted molar refractivity (Wildman–Crippen MR) is 82.1 cm³/mol. The van der Waals surface area contributed by atoms with E-state index in [4.69, 9.17) is 16.3 Å². The molecule has 1 N–H and O–H groups in total. The van der Waals surface area contributed by atoms with Gasteiger partial charge in [0.2, 0.25) is 5.91 Å². The largest absolute Gasteiger partial charge is 0.484 e. The van der Waals surface area contributed by atoms with Crippen LogP contribution in [0.15, 0.2) is 24.3 Å². The lowest BCUT2D eigenvalue weighted by Crippen LogP contribution is -2.58. The number of nitrogens with zero attached hydrogens (tertiary/aromatic N) is 1. The van der Waals surface area contributed by atoms with Crippen LogP contribution in [0, 0.1) is 0 Å². The van der Waals surface area contributed by atoms with E-state index < -0.39 is 12.0 Å². The number of halogens is 1. The van der Waals surface area contributed by atoms with Crippen molar-refractivity contribution in [1.29, 1.82) is 0 Å². The molecule has 1 aliphatic rings. The van der Waals surface area contributed by atoms with Crippen LogP contribution in [0.3, 0.4) is 0 Å². The zero-order chi connectivity index (χ0) is 16.8. The third-order valence-corrected chi connectivity index (χ3v) is 3.63. The molecule has 0 spiro atoms. The molecule has 1 fully saturated rings. The van der Waals surface area contributed by atoms with E-state index in [0.717, 1.165) is 0 Å². The van der Waals surface area contributed by atoms with Crippen molar-refractivity contribution in [2.24, 2.45) is 0 Å². The van der Waals surface area contributed by atoms with Crippen LogP contribution in [0.4, 0.5) is 0 Å². The Bertz CT molecular complexity index is 607. The molecule has 0 saturated carbocycles. The highest BCUT2D eigenvalue weighted by molar-refractivity contribution is 6.30. The molecule has 124 valence electrons. The molecule has 1 heterocycles. The van der Waals surface area contributed by atoms with E-state index in [1.54, 1.807) is 24.3 Å². The first-order chi connectivity index (χ1) is 11.0. The number of carbonyl (C=O) groups is 3. The zero-order valence-electron chi connectivity index (χ0n) is 12.6. The van der Waals surface area contributed by atoms with E-state index in [1.165, 1.54) is 12.0 Å². The van der Waals surface area contributed by atoms with Gasteiger partial charge in [-0.05, 0) is 18.2 Å². The van der Waals surface area contributed by atoms with Gasteiger partial charge in [-0.15, -0.1) is 0 Å². The van der Waals surface area contributed by atoms with Gasteiger partial charge in [-0.2, -0.15) is 0 Å². The molecule has 0 bridgehead atoms. The predicted octanol–water partition coefficient (Wildman–Crippen LogP) is 0.609. The third kappa shape index (κ3) is 4.59. The molecule has 0 radical (unpaired) electrons. The summed E-state index contributed by atoms with van der Waals surface area (Å²) in [6, 6.07) is 5.78. The molecule has 2 amide bonds. The molecule has 0 unspecified atom stereocenters. The van der Waals surface area contributed by atoms with Crippen LogP contribution in [-0.4, -0.2) is 55.5 Å². The van der Waals surface area contributed by atoms with Crippen molar-refractivity contribution >= 4 is 29.4 Å². The molecule has 23 heavy (non-hydrogen) atoms. The van der Waals surface area contributed by atoms with Crippen LogP contribution in [0.2, 0.25) is 5.02 Å². The zero-order valence-corrected chi connectivity index (χ0v) is 13.3. The summed E-state index contributed by atoms with van der Waals surface area (Å²) in [6.07, 6.45) is -0.189. The highest BCUT2D eigenvalue weighted by Crippen LogP contribution is 2.17. The minimum Gasteiger partial charge on any atom is -0.484 e. The molecule has 0 aliphatic carbocycles. The highest BCUT2D eigenvalue weighted by atomic mass is 35.5. The molecule has 0 aromatic heterocycles. The van der Waals surface area contributed by atoms with Gasteiger partial charge >= 0.3 is 5.97 Å². The summed E-state index contributed by atoms with van der Waals surface area (Å²) in [5, 5.41) is 3.12. The summed E-state index contributed by atoms with van der Waals surface area (Å²) in [4.78, 5) is 37.0. The molecule has 1 aromatic carbocycles. The quantitative estimate of drug-likeness (QED) is 0.794. The van der Waals surface area contributed by atoms with E-state index in [0.29, 0.717) is 23.9 Å². The number of esters is 1. The fourth-order valence-corrected chi connectivity index (χ4v) is 2.42.